The highest BCUT2D eigenvalue weighted by molar-refractivity contribution is 6.30. The van der Waals surface area contributed by atoms with Gasteiger partial charge in [-0.2, -0.15) is 0 Å². The van der Waals surface area contributed by atoms with E-state index in [0.29, 0.717) is 22.8 Å². The maximum atomic E-state index is 12.3. The molecule has 0 N–H and O–H groups in total. The van der Waals surface area contributed by atoms with Crippen LogP contribution in [0.5, 0.6) is 11.5 Å². The van der Waals surface area contributed by atoms with E-state index in [0.717, 1.165) is 11.3 Å². The summed E-state index contributed by atoms with van der Waals surface area (Å²) >= 11 is 5.85. The average Bonchev–Trinajstić information content (AvgIpc) is 2.58. The van der Waals surface area contributed by atoms with Crippen LogP contribution in [0.4, 0.5) is 0 Å². The normalized spacial score (nSPS) is 10.3. The third-order valence-electron chi connectivity index (χ3n) is 3.43. The van der Waals surface area contributed by atoms with E-state index < -0.39 is 0 Å². The first-order valence-corrected chi connectivity index (χ1v) is 7.69. The van der Waals surface area contributed by atoms with Gasteiger partial charge in [-0.3, -0.25) is 4.79 Å². The van der Waals surface area contributed by atoms with Crippen molar-refractivity contribution in [1.82, 2.24) is 0 Å². The van der Waals surface area contributed by atoms with Crippen molar-refractivity contribution in [2.75, 3.05) is 0 Å². The lowest BCUT2D eigenvalue weighted by atomic mass is 10.0. The number of ketones is 1. The lowest BCUT2D eigenvalue weighted by Crippen LogP contribution is -2.03. The van der Waals surface area contributed by atoms with Crippen molar-refractivity contribution >= 4 is 17.4 Å². The fourth-order valence-electron chi connectivity index (χ4n) is 2.22. The summed E-state index contributed by atoms with van der Waals surface area (Å²) in [6.07, 6.45) is 0.357. The van der Waals surface area contributed by atoms with Crippen molar-refractivity contribution in [2.24, 2.45) is 0 Å². The number of benzene rings is 3. The number of Topliss-reactive ketones (excluding diaryl/α,β-unsaturated/α-hetero) is 1. The van der Waals surface area contributed by atoms with Gasteiger partial charge in [0, 0.05) is 17.0 Å². The molecule has 0 saturated carbocycles. The van der Waals surface area contributed by atoms with E-state index in [1.165, 1.54) is 0 Å². The van der Waals surface area contributed by atoms with Gasteiger partial charge in [-0.25, -0.2) is 0 Å². The number of para-hydroxylation sites is 1. The van der Waals surface area contributed by atoms with Crippen LogP contribution in [0.3, 0.4) is 0 Å². The minimum atomic E-state index is 0.0681. The van der Waals surface area contributed by atoms with Crippen molar-refractivity contribution in [3.63, 3.8) is 0 Å². The summed E-state index contributed by atoms with van der Waals surface area (Å²) in [4.78, 5) is 12.3. The van der Waals surface area contributed by atoms with Gasteiger partial charge in [0.15, 0.2) is 5.78 Å². The Labute approximate surface area is 140 Å². The monoisotopic (exact) mass is 322 g/mol. The van der Waals surface area contributed by atoms with Crippen LogP contribution in [-0.2, 0) is 6.42 Å². The molecule has 0 saturated heterocycles. The second-order valence-electron chi connectivity index (χ2n) is 5.17. The molecule has 0 heterocycles. The molecule has 114 valence electrons. The Morgan fingerprint density at radius 1 is 0.783 bits per heavy atom. The van der Waals surface area contributed by atoms with E-state index in [4.69, 9.17) is 16.3 Å². The highest BCUT2D eigenvalue weighted by atomic mass is 35.5. The Morgan fingerprint density at radius 3 is 2.04 bits per heavy atom. The molecule has 2 nitrogen and oxygen atoms in total. The molecule has 3 aromatic rings. The van der Waals surface area contributed by atoms with Gasteiger partial charge in [0.05, 0.1) is 0 Å². The fourth-order valence-corrected chi connectivity index (χ4v) is 2.35. The molecular weight excluding hydrogens is 308 g/mol. The summed E-state index contributed by atoms with van der Waals surface area (Å²) in [6, 6.07) is 24.1. The Kier molecular flexibility index (Phi) is 4.74. The molecule has 3 aromatic carbocycles. The van der Waals surface area contributed by atoms with E-state index in [-0.39, 0.29) is 5.78 Å². The molecular formula is C20H15ClO2. The predicted octanol–water partition coefficient (Wildman–Crippen LogP) is 5.56. The number of hydrogen-bond acceptors (Lipinski definition) is 2. The molecule has 0 aromatic heterocycles. The van der Waals surface area contributed by atoms with Crippen molar-refractivity contribution in [1.29, 1.82) is 0 Å². The molecule has 3 heteroatoms. The minimum Gasteiger partial charge on any atom is -0.457 e. The van der Waals surface area contributed by atoms with E-state index in [1.54, 1.807) is 24.3 Å². The topological polar surface area (TPSA) is 26.3 Å². The van der Waals surface area contributed by atoms with Crippen molar-refractivity contribution in [2.45, 2.75) is 6.42 Å². The quantitative estimate of drug-likeness (QED) is 0.575. The largest absolute Gasteiger partial charge is 0.457 e. The molecule has 0 radical (unpaired) electrons. The summed E-state index contributed by atoms with van der Waals surface area (Å²) in [5.41, 5.74) is 1.62. The van der Waals surface area contributed by atoms with Gasteiger partial charge < -0.3 is 4.74 Å². The average molecular weight is 323 g/mol. The van der Waals surface area contributed by atoms with Crippen LogP contribution >= 0.6 is 11.6 Å². The third kappa shape index (κ3) is 4.21. The van der Waals surface area contributed by atoms with Gasteiger partial charge in [-0.1, -0.05) is 41.9 Å². The smallest absolute Gasteiger partial charge is 0.167 e. The van der Waals surface area contributed by atoms with Crippen molar-refractivity contribution in [3.8, 4) is 11.5 Å². The van der Waals surface area contributed by atoms with Crippen molar-refractivity contribution < 1.29 is 9.53 Å². The minimum absolute atomic E-state index is 0.0681. The first kappa shape index (κ1) is 15.3. The molecule has 0 spiro atoms. The number of rotatable bonds is 5. The van der Waals surface area contributed by atoms with Crippen LogP contribution in [0.25, 0.3) is 0 Å². The number of hydrogen-bond donors (Lipinski definition) is 0. The molecule has 3 rings (SSSR count). The molecule has 0 aliphatic rings. The zero-order valence-corrected chi connectivity index (χ0v) is 13.2. The Balaban J connectivity index is 1.66. The van der Waals surface area contributed by atoms with Crippen LogP contribution in [0.2, 0.25) is 5.02 Å². The van der Waals surface area contributed by atoms with Gasteiger partial charge in [0.25, 0.3) is 0 Å². The molecule has 0 atom stereocenters. The summed E-state index contributed by atoms with van der Waals surface area (Å²) in [5.74, 6) is 1.55. The molecule has 0 bridgehead atoms. The van der Waals surface area contributed by atoms with Gasteiger partial charge in [-0.05, 0) is 54.1 Å². The molecule has 0 aliphatic heterocycles. The Bertz CT molecular complexity index is 778. The third-order valence-corrected chi connectivity index (χ3v) is 3.69. The van der Waals surface area contributed by atoms with Gasteiger partial charge in [-0.15, -0.1) is 0 Å². The standard InChI is InChI=1S/C20H15ClO2/c21-17-10-6-15(7-11-17)14-20(22)16-8-12-19(13-9-16)23-18-4-2-1-3-5-18/h1-13H,14H2. The zero-order valence-electron chi connectivity index (χ0n) is 12.4. The highest BCUT2D eigenvalue weighted by Crippen LogP contribution is 2.21. The molecule has 0 unspecified atom stereocenters. The van der Waals surface area contributed by atoms with E-state index in [9.17, 15) is 4.79 Å². The fraction of sp³-hybridized carbons (Fsp3) is 0.0500. The maximum absolute atomic E-state index is 12.3. The van der Waals surface area contributed by atoms with E-state index in [1.807, 2.05) is 54.6 Å². The van der Waals surface area contributed by atoms with Crippen LogP contribution in [-0.4, -0.2) is 5.78 Å². The van der Waals surface area contributed by atoms with Crippen molar-refractivity contribution in [3.05, 3.63) is 95.0 Å². The Hall–Kier alpha value is -2.58. The molecule has 0 fully saturated rings. The van der Waals surface area contributed by atoms with Crippen LogP contribution in [0.15, 0.2) is 78.9 Å². The molecule has 23 heavy (non-hydrogen) atoms. The van der Waals surface area contributed by atoms with E-state index in [2.05, 4.69) is 0 Å². The van der Waals surface area contributed by atoms with Crippen LogP contribution in [0.1, 0.15) is 15.9 Å². The number of halogens is 1. The first-order chi connectivity index (χ1) is 11.2. The number of carbonyl (C=O) groups is 1. The zero-order chi connectivity index (χ0) is 16.1. The summed E-state index contributed by atoms with van der Waals surface area (Å²) in [6.45, 7) is 0. The van der Waals surface area contributed by atoms with E-state index >= 15 is 0 Å². The lowest BCUT2D eigenvalue weighted by Gasteiger charge is -2.06. The van der Waals surface area contributed by atoms with Crippen LogP contribution < -0.4 is 4.74 Å². The first-order valence-electron chi connectivity index (χ1n) is 7.31. The summed E-state index contributed by atoms with van der Waals surface area (Å²) in [5, 5.41) is 0.670. The SMILES string of the molecule is O=C(Cc1ccc(Cl)cc1)c1ccc(Oc2ccccc2)cc1. The lowest BCUT2D eigenvalue weighted by molar-refractivity contribution is 0.0993. The van der Waals surface area contributed by atoms with Gasteiger partial charge in [0.2, 0.25) is 0 Å². The highest BCUT2D eigenvalue weighted by Gasteiger charge is 2.07. The van der Waals surface area contributed by atoms with Gasteiger partial charge >= 0.3 is 0 Å². The predicted molar refractivity (Wildman–Crippen MR) is 92.4 cm³/mol. The maximum Gasteiger partial charge on any atom is 0.167 e. The molecule has 0 amide bonds. The Morgan fingerprint density at radius 2 is 1.39 bits per heavy atom. The number of ether oxygens (including phenoxy) is 1. The second kappa shape index (κ2) is 7.12. The summed E-state index contributed by atoms with van der Waals surface area (Å²) < 4.78 is 5.72. The number of carbonyl (C=O) groups excluding carboxylic acids is 1. The van der Waals surface area contributed by atoms with Crippen LogP contribution in [0, 0.1) is 0 Å². The summed E-state index contributed by atoms with van der Waals surface area (Å²) in [7, 11) is 0. The van der Waals surface area contributed by atoms with Gasteiger partial charge in [0.1, 0.15) is 11.5 Å². The molecule has 0 aliphatic carbocycles. The second-order valence-corrected chi connectivity index (χ2v) is 5.60.